The average molecular weight is 313 g/mol. The number of esters is 1. The maximum Gasteiger partial charge on any atom is 0.337 e. The predicted molar refractivity (Wildman–Crippen MR) is 82.3 cm³/mol. The number of benzene rings is 2. The first kappa shape index (κ1) is 16.2. The van der Waals surface area contributed by atoms with Gasteiger partial charge in [-0.15, -0.1) is 0 Å². The molecule has 0 bridgehead atoms. The van der Waals surface area contributed by atoms with Crippen LogP contribution in [-0.2, 0) is 4.74 Å². The Labute approximate surface area is 132 Å². The lowest BCUT2D eigenvalue weighted by Crippen LogP contribution is -2.01. The van der Waals surface area contributed by atoms with Crippen LogP contribution in [0, 0.1) is 17.0 Å². The van der Waals surface area contributed by atoms with E-state index in [0.717, 1.165) is 23.8 Å². The van der Waals surface area contributed by atoms with E-state index in [1.54, 1.807) is 19.1 Å². The quantitative estimate of drug-likeness (QED) is 0.373. The SMILES string of the molecule is COC(=O)c1ccc(C)c(N=Cc2cc([N+](=O)[O-])ccc2[O-])c1. The summed E-state index contributed by atoms with van der Waals surface area (Å²) in [7, 11) is 1.28. The largest absolute Gasteiger partial charge is 0.872 e. The number of rotatable bonds is 4. The summed E-state index contributed by atoms with van der Waals surface area (Å²) in [5, 5.41) is 22.5. The molecule has 2 aromatic carbocycles. The van der Waals surface area contributed by atoms with Crippen LogP contribution in [0.25, 0.3) is 0 Å². The lowest BCUT2D eigenvalue weighted by Gasteiger charge is -2.09. The van der Waals surface area contributed by atoms with Crippen molar-refractivity contribution in [3.05, 3.63) is 63.2 Å². The highest BCUT2D eigenvalue weighted by molar-refractivity contribution is 5.91. The van der Waals surface area contributed by atoms with E-state index < -0.39 is 10.9 Å². The van der Waals surface area contributed by atoms with Crippen LogP contribution in [-0.4, -0.2) is 24.2 Å². The Morgan fingerprint density at radius 2 is 2.00 bits per heavy atom. The van der Waals surface area contributed by atoms with Gasteiger partial charge in [0, 0.05) is 18.3 Å². The van der Waals surface area contributed by atoms with Gasteiger partial charge in [0.1, 0.15) is 0 Å². The predicted octanol–water partition coefficient (Wildman–Crippen LogP) is 2.51. The van der Waals surface area contributed by atoms with Crippen molar-refractivity contribution in [3.63, 3.8) is 0 Å². The van der Waals surface area contributed by atoms with Gasteiger partial charge in [0.2, 0.25) is 0 Å². The van der Waals surface area contributed by atoms with Crippen molar-refractivity contribution in [3.8, 4) is 5.75 Å². The van der Waals surface area contributed by atoms with E-state index in [2.05, 4.69) is 9.73 Å². The number of non-ortho nitro benzene ring substituents is 1. The lowest BCUT2D eigenvalue weighted by atomic mass is 10.1. The van der Waals surface area contributed by atoms with Gasteiger partial charge in [-0.3, -0.25) is 15.1 Å². The molecule has 23 heavy (non-hydrogen) atoms. The molecule has 0 aliphatic heterocycles. The highest BCUT2D eigenvalue weighted by Crippen LogP contribution is 2.23. The number of nitro groups is 1. The third kappa shape index (κ3) is 3.70. The van der Waals surface area contributed by atoms with E-state index in [4.69, 9.17) is 0 Å². The van der Waals surface area contributed by atoms with Crippen LogP contribution in [0.15, 0.2) is 41.4 Å². The minimum atomic E-state index is -0.583. The molecular formula is C16H13N2O5-. The molecule has 0 aromatic heterocycles. The smallest absolute Gasteiger partial charge is 0.337 e. The van der Waals surface area contributed by atoms with Gasteiger partial charge in [-0.05, 0) is 30.2 Å². The molecule has 0 saturated heterocycles. The van der Waals surface area contributed by atoms with Crippen LogP contribution in [0.3, 0.4) is 0 Å². The van der Waals surface area contributed by atoms with Crippen molar-refractivity contribution in [2.75, 3.05) is 7.11 Å². The van der Waals surface area contributed by atoms with Gasteiger partial charge < -0.3 is 9.84 Å². The molecule has 0 heterocycles. The summed E-state index contributed by atoms with van der Waals surface area (Å²) in [6.45, 7) is 1.79. The molecule has 0 amide bonds. The fraction of sp³-hybridized carbons (Fsp3) is 0.125. The highest BCUT2D eigenvalue weighted by Gasteiger charge is 2.08. The molecule has 0 aliphatic carbocycles. The van der Waals surface area contributed by atoms with Crippen LogP contribution in [0.4, 0.5) is 11.4 Å². The second-order valence-corrected chi connectivity index (χ2v) is 4.73. The Balaban J connectivity index is 2.38. The van der Waals surface area contributed by atoms with E-state index in [-0.39, 0.29) is 17.0 Å². The number of hydrogen-bond donors (Lipinski definition) is 0. The summed E-state index contributed by atoms with van der Waals surface area (Å²) in [6, 6.07) is 8.25. The molecule has 0 N–H and O–H groups in total. The number of hydrogen-bond acceptors (Lipinski definition) is 6. The fourth-order valence-corrected chi connectivity index (χ4v) is 1.88. The molecule has 2 rings (SSSR count). The first-order chi connectivity index (χ1) is 10.9. The zero-order chi connectivity index (χ0) is 17.0. The summed E-state index contributed by atoms with van der Waals surface area (Å²) in [5.74, 6) is -0.873. The maximum atomic E-state index is 11.7. The zero-order valence-corrected chi connectivity index (χ0v) is 12.5. The molecule has 2 aromatic rings. The molecule has 7 heteroatoms. The Kier molecular flexibility index (Phi) is 4.70. The van der Waals surface area contributed by atoms with Gasteiger partial charge in [0.05, 0.1) is 23.3 Å². The second-order valence-electron chi connectivity index (χ2n) is 4.73. The number of carbonyl (C=O) groups is 1. The van der Waals surface area contributed by atoms with Crippen LogP contribution < -0.4 is 5.11 Å². The molecular weight excluding hydrogens is 300 g/mol. The topological polar surface area (TPSA) is 105 Å². The van der Waals surface area contributed by atoms with Crippen molar-refractivity contribution < 1.29 is 19.6 Å². The Morgan fingerprint density at radius 3 is 2.65 bits per heavy atom. The van der Waals surface area contributed by atoms with Crippen LogP contribution in [0.2, 0.25) is 0 Å². The van der Waals surface area contributed by atoms with Crippen molar-refractivity contribution in [1.82, 2.24) is 0 Å². The molecule has 0 saturated carbocycles. The number of nitrogens with zero attached hydrogens (tertiary/aromatic N) is 2. The van der Waals surface area contributed by atoms with Crippen molar-refractivity contribution in [2.45, 2.75) is 6.92 Å². The molecule has 0 fully saturated rings. The molecule has 0 radical (unpaired) electrons. The second kappa shape index (κ2) is 6.69. The van der Waals surface area contributed by atoms with Gasteiger partial charge >= 0.3 is 5.97 Å². The molecule has 0 atom stereocenters. The molecule has 118 valence electrons. The normalized spacial score (nSPS) is 10.7. The van der Waals surface area contributed by atoms with E-state index in [0.29, 0.717) is 11.3 Å². The van der Waals surface area contributed by atoms with Gasteiger partial charge in [0.25, 0.3) is 5.69 Å². The first-order valence-electron chi connectivity index (χ1n) is 6.61. The third-order valence-electron chi connectivity index (χ3n) is 3.18. The van der Waals surface area contributed by atoms with Crippen LogP contribution in [0.5, 0.6) is 5.75 Å². The number of aliphatic imine (C=N–C) groups is 1. The summed E-state index contributed by atoms with van der Waals surface area (Å²) in [5.41, 5.74) is 1.49. The first-order valence-corrected chi connectivity index (χ1v) is 6.61. The van der Waals surface area contributed by atoms with Gasteiger partial charge in [-0.25, -0.2) is 4.79 Å². The third-order valence-corrected chi connectivity index (χ3v) is 3.18. The minimum absolute atomic E-state index is 0.0991. The van der Waals surface area contributed by atoms with Crippen LogP contribution in [0.1, 0.15) is 21.5 Å². The summed E-state index contributed by atoms with van der Waals surface area (Å²) >= 11 is 0. The fourth-order valence-electron chi connectivity index (χ4n) is 1.88. The summed E-state index contributed by atoms with van der Waals surface area (Å²) in [4.78, 5) is 25.9. The molecule has 0 spiro atoms. The zero-order valence-electron chi connectivity index (χ0n) is 12.5. The molecule has 0 aliphatic rings. The van der Waals surface area contributed by atoms with Crippen molar-refractivity contribution >= 4 is 23.6 Å². The number of ether oxygens (including phenoxy) is 1. The van der Waals surface area contributed by atoms with E-state index in [1.807, 2.05) is 0 Å². The highest BCUT2D eigenvalue weighted by atomic mass is 16.6. The monoisotopic (exact) mass is 313 g/mol. The average Bonchev–Trinajstić information content (AvgIpc) is 2.54. The lowest BCUT2D eigenvalue weighted by molar-refractivity contribution is -0.385. The summed E-state index contributed by atoms with van der Waals surface area (Å²) in [6.07, 6.45) is 1.25. The minimum Gasteiger partial charge on any atom is -0.872 e. The molecule has 7 nitrogen and oxygen atoms in total. The number of methoxy groups -OCH3 is 1. The van der Waals surface area contributed by atoms with Crippen molar-refractivity contribution in [1.29, 1.82) is 0 Å². The number of carbonyl (C=O) groups excluding carboxylic acids is 1. The van der Waals surface area contributed by atoms with Crippen LogP contribution >= 0.6 is 0 Å². The Hall–Kier alpha value is -3.22. The Bertz CT molecular complexity index is 799. The number of aryl methyl sites for hydroxylation is 1. The van der Waals surface area contributed by atoms with E-state index in [1.165, 1.54) is 19.4 Å². The number of nitro benzene ring substituents is 1. The van der Waals surface area contributed by atoms with Gasteiger partial charge in [-0.2, -0.15) is 0 Å². The van der Waals surface area contributed by atoms with Gasteiger partial charge in [-0.1, -0.05) is 17.9 Å². The standard InChI is InChI=1S/C16H14N2O5/c1-10-3-4-11(16(20)23-2)8-14(10)17-9-12-7-13(18(21)22)5-6-15(12)19/h3-9,19H,1-2H3/p-1. The van der Waals surface area contributed by atoms with Gasteiger partial charge in [0.15, 0.2) is 0 Å². The maximum absolute atomic E-state index is 11.7. The Morgan fingerprint density at radius 1 is 1.26 bits per heavy atom. The van der Waals surface area contributed by atoms with Crippen molar-refractivity contribution in [2.24, 2.45) is 4.99 Å². The van der Waals surface area contributed by atoms with E-state index >= 15 is 0 Å². The summed E-state index contributed by atoms with van der Waals surface area (Å²) < 4.78 is 4.64. The van der Waals surface area contributed by atoms with E-state index in [9.17, 15) is 20.0 Å². The molecule has 0 unspecified atom stereocenters.